The molecular formula is C14H26N2O3. The van der Waals surface area contributed by atoms with Crippen molar-refractivity contribution in [3.8, 4) is 0 Å². The molecular weight excluding hydrogens is 244 g/mol. The van der Waals surface area contributed by atoms with Crippen LogP contribution in [0.15, 0.2) is 0 Å². The van der Waals surface area contributed by atoms with Gasteiger partial charge in [-0.25, -0.2) is 0 Å². The topological polar surface area (TPSA) is 73.6 Å². The normalized spacial score (nSPS) is 24.1. The van der Waals surface area contributed by atoms with E-state index in [1.165, 1.54) is 6.42 Å². The van der Waals surface area contributed by atoms with Crippen LogP contribution in [0.2, 0.25) is 0 Å². The van der Waals surface area contributed by atoms with E-state index in [0.29, 0.717) is 6.54 Å². The number of carbonyl (C=O) groups excluding carboxylic acids is 1. The third-order valence-corrected chi connectivity index (χ3v) is 4.23. The monoisotopic (exact) mass is 270 g/mol. The maximum absolute atomic E-state index is 11.9. The van der Waals surface area contributed by atoms with Crippen molar-refractivity contribution < 1.29 is 14.3 Å². The van der Waals surface area contributed by atoms with Crippen LogP contribution < -0.4 is 11.1 Å². The molecule has 110 valence electrons. The summed E-state index contributed by atoms with van der Waals surface area (Å²) in [5.41, 5.74) is 5.58. The molecule has 0 bridgehead atoms. The van der Waals surface area contributed by atoms with Crippen molar-refractivity contribution >= 4 is 5.91 Å². The second-order valence-corrected chi connectivity index (χ2v) is 5.69. The van der Waals surface area contributed by atoms with Gasteiger partial charge in [0.25, 0.3) is 0 Å². The van der Waals surface area contributed by atoms with Crippen molar-refractivity contribution in [2.75, 3.05) is 26.4 Å². The summed E-state index contributed by atoms with van der Waals surface area (Å²) in [6, 6.07) is 0.241. The highest BCUT2D eigenvalue weighted by Gasteiger charge is 2.32. The highest BCUT2D eigenvalue weighted by Crippen LogP contribution is 2.30. The van der Waals surface area contributed by atoms with Gasteiger partial charge >= 0.3 is 0 Å². The fourth-order valence-corrected chi connectivity index (χ4v) is 2.93. The van der Waals surface area contributed by atoms with E-state index in [1.807, 2.05) is 0 Å². The van der Waals surface area contributed by atoms with E-state index >= 15 is 0 Å². The van der Waals surface area contributed by atoms with Crippen LogP contribution in [-0.2, 0) is 14.3 Å². The highest BCUT2D eigenvalue weighted by molar-refractivity contribution is 5.77. The Morgan fingerprint density at radius 1 is 1.26 bits per heavy atom. The molecule has 1 aliphatic carbocycles. The maximum Gasteiger partial charge on any atom is 0.246 e. The zero-order chi connectivity index (χ0) is 13.6. The molecule has 0 aromatic heterocycles. The third-order valence-electron chi connectivity index (χ3n) is 4.23. The number of rotatable bonds is 5. The average Bonchev–Trinajstić information content (AvgIpc) is 2.47. The first kappa shape index (κ1) is 14.8. The van der Waals surface area contributed by atoms with Gasteiger partial charge in [0.1, 0.15) is 6.61 Å². The van der Waals surface area contributed by atoms with Gasteiger partial charge in [0.15, 0.2) is 0 Å². The minimum absolute atomic E-state index is 0.0229. The van der Waals surface area contributed by atoms with Crippen molar-refractivity contribution in [3.05, 3.63) is 0 Å². The highest BCUT2D eigenvalue weighted by atomic mass is 16.5. The predicted molar refractivity (Wildman–Crippen MR) is 72.8 cm³/mol. The Kier molecular flexibility index (Phi) is 5.60. The van der Waals surface area contributed by atoms with Gasteiger partial charge in [-0.1, -0.05) is 19.3 Å². The summed E-state index contributed by atoms with van der Waals surface area (Å²) in [6.45, 7) is 2.11. The van der Waals surface area contributed by atoms with Gasteiger partial charge in [0.05, 0.1) is 5.60 Å². The second-order valence-electron chi connectivity index (χ2n) is 5.69. The Morgan fingerprint density at radius 3 is 2.58 bits per heavy atom. The molecule has 2 rings (SSSR count). The SMILES string of the molecule is NCC1(OCC(=O)NC2CCOCC2)CCCCC1. The van der Waals surface area contributed by atoms with E-state index in [1.54, 1.807) is 0 Å². The minimum Gasteiger partial charge on any atom is -0.381 e. The van der Waals surface area contributed by atoms with Crippen LogP contribution in [0.25, 0.3) is 0 Å². The number of nitrogens with one attached hydrogen (secondary N) is 1. The van der Waals surface area contributed by atoms with E-state index < -0.39 is 0 Å². The van der Waals surface area contributed by atoms with Gasteiger partial charge in [0, 0.05) is 25.8 Å². The van der Waals surface area contributed by atoms with E-state index in [2.05, 4.69) is 5.32 Å². The zero-order valence-electron chi connectivity index (χ0n) is 11.7. The molecule has 0 aromatic rings. The van der Waals surface area contributed by atoms with Crippen molar-refractivity contribution in [3.63, 3.8) is 0 Å². The lowest BCUT2D eigenvalue weighted by molar-refractivity contribution is -0.136. The Hall–Kier alpha value is -0.650. The molecule has 1 heterocycles. The second kappa shape index (κ2) is 7.22. The fraction of sp³-hybridized carbons (Fsp3) is 0.929. The zero-order valence-corrected chi connectivity index (χ0v) is 11.7. The van der Waals surface area contributed by atoms with Crippen LogP contribution in [-0.4, -0.2) is 43.9 Å². The third kappa shape index (κ3) is 4.44. The summed E-state index contributed by atoms with van der Waals surface area (Å²) in [4.78, 5) is 11.9. The molecule has 5 nitrogen and oxygen atoms in total. The molecule has 1 amide bonds. The number of ether oxygens (including phenoxy) is 2. The van der Waals surface area contributed by atoms with Crippen molar-refractivity contribution in [1.82, 2.24) is 5.32 Å². The average molecular weight is 270 g/mol. The molecule has 0 aromatic carbocycles. The summed E-state index contributed by atoms with van der Waals surface area (Å²) >= 11 is 0. The fourth-order valence-electron chi connectivity index (χ4n) is 2.93. The van der Waals surface area contributed by atoms with Gasteiger partial charge in [-0.05, 0) is 25.7 Å². The lowest BCUT2D eigenvalue weighted by Gasteiger charge is -2.36. The molecule has 2 aliphatic rings. The first-order chi connectivity index (χ1) is 9.24. The number of hydrogen-bond acceptors (Lipinski definition) is 4. The predicted octanol–water partition coefficient (Wildman–Crippen LogP) is 0.960. The standard InChI is InChI=1S/C14H26N2O3/c15-11-14(6-2-1-3-7-14)19-10-13(17)16-12-4-8-18-9-5-12/h12H,1-11,15H2,(H,16,17). The number of carbonyl (C=O) groups is 1. The van der Waals surface area contributed by atoms with Crippen LogP contribution in [0.4, 0.5) is 0 Å². The van der Waals surface area contributed by atoms with Crippen LogP contribution in [0, 0.1) is 0 Å². The largest absolute Gasteiger partial charge is 0.381 e. The Balaban J connectivity index is 1.72. The molecule has 3 N–H and O–H groups in total. The van der Waals surface area contributed by atoms with E-state index in [-0.39, 0.29) is 24.2 Å². The molecule has 0 atom stereocenters. The van der Waals surface area contributed by atoms with Gasteiger partial charge < -0.3 is 20.5 Å². The molecule has 0 unspecified atom stereocenters. The molecule has 0 radical (unpaired) electrons. The lowest BCUT2D eigenvalue weighted by Crippen LogP contribution is -2.46. The van der Waals surface area contributed by atoms with Gasteiger partial charge in [0.2, 0.25) is 5.91 Å². The van der Waals surface area contributed by atoms with E-state index in [4.69, 9.17) is 15.2 Å². The lowest BCUT2D eigenvalue weighted by atomic mass is 9.85. The molecule has 2 fully saturated rings. The van der Waals surface area contributed by atoms with Crippen molar-refractivity contribution in [1.29, 1.82) is 0 Å². The molecule has 5 heteroatoms. The van der Waals surface area contributed by atoms with Crippen molar-refractivity contribution in [2.24, 2.45) is 5.73 Å². The van der Waals surface area contributed by atoms with Crippen LogP contribution in [0.1, 0.15) is 44.9 Å². The summed E-state index contributed by atoms with van der Waals surface area (Å²) in [5.74, 6) is -0.0229. The number of hydrogen-bond donors (Lipinski definition) is 2. The number of nitrogens with two attached hydrogens (primary N) is 1. The van der Waals surface area contributed by atoms with Gasteiger partial charge in [-0.15, -0.1) is 0 Å². The van der Waals surface area contributed by atoms with Gasteiger partial charge in [-0.2, -0.15) is 0 Å². The summed E-state index contributed by atoms with van der Waals surface area (Å²) in [7, 11) is 0. The molecule has 0 spiro atoms. The molecule has 1 aliphatic heterocycles. The van der Waals surface area contributed by atoms with E-state index in [0.717, 1.165) is 51.7 Å². The Bertz CT molecular complexity index is 284. The summed E-state index contributed by atoms with van der Waals surface area (Å²) in [5, 5.41) is 3.01. The van der Waals surface area contributed by atoms with Gasteiger partial charge in [-0.3, -0.25) is 4.79 Å². The minimum atomic E-state index is -0.259. The summed E-state index contributed by atoms with van der Waals surface area (Å²) < 4.78 is 11.1. The van der Waals surface area contributed by atoms with E-state index in [9.17, 15) is 4.79 Å². The van der Waals surface area contributed by atoms with Crippen LogP contribution in [0.3, 0.4) is 0 Å². The molecule has 19 heavy (non-hydrogen) atoms. The maximum atomic E-state index is 11.9. The Labute approximate surface area is 115 Å². The number of amides is 1. The summed E-state index contributed by atoms with van der Waals surface area (Å²) in [6.07, 6.45) is 7.31. The van der Waals surface area contributed by atoms with Crippen LogP contribution in [0.5, 0.6) is 0 Å². The Morgan fingerprint density at radius 2 is 1.95 bits per heavy atom. The molecule has 1 saturated carbocycles. The smallest absolute Gasteiger partial charge is 0.246 e. The molecule has 1 saturated heterocycles. The quantitative estimate of drug-likeness (QED) is 0.780. The van der Waals surface area contributed by atoms with Crippen LogP contribution >= 0.6 is 0 Å². The van der Waals surface area contributed by atoms with Crippen molar-refractivity contribution in [2.45, 2.75) is 56.6 Å². The first-order valence-corrected chi connectivity index (χ1v) is 7.45. The first-order valence-electron chi connectivity index (χ1n) is 7.45.